The van der Waals surface area contributed by atoms with Crippen molar-refractivity contribution >= 4 is 29.5 Å². The topological polar surface area (TPSA) is 46.2 Å². The number of rotatable bonds is 3. The molecule has 0 radical (unpaired) electrons. The summed E-state index contributed by atoms with van der Waals surface area (Å²) < 4.78 is 0. The van der Waals surface area contributed by atoms with E-state index in [0.29, 0.717) is 29.0 Å². The molecule has 0 spiro atoms. The molecule has 0 fully saturated rings. The number of nitrogens with one attached hydrogen (secondary N) is 1. The normalized spacial score (nSPS) is 9.57. The quantitative estimate of drug-likeness (QED) is 0.781. The van der Waals surface area contributed by atoms with Gasteiger partial charge in [0, 0.05) is 6.42 Å². The van der Waals surface area contributed by atoms with Crippen molar-refractivity contribution in [3.63, 3.8) is 0 Å². The summed E-state index contributed by atoms with van der Waals surface area (Å²) in [6.45, 7) is 1.74. The van der Waals surface area contributed by atoms with Crippen LogP contribution in [0.1, 0.15) is 23.7 Å². The molecule has 1 rings (SSSR count). The molecule has 14 heavy (non-hydrogen) atoms. The molecule has 3 nitrogen and oxygen atoms in total. The van der Waals surface area contributed by atoms with Crippen molar-refractivity contribution in [2.45, 2.75) is 13.3 Å². The van der Waals surface area contributed by atoms with E-state index in [1.807, 2.05) is 0 Å². The first-order valence-electron chi connectivity index (χ1n) is 4.22. The van der Waals surface area contributed by atoms with Crippen molar-refractivity contribution in [2.24, 2.45) is 0 Å². The van der Waals surface area contributed by atoms with Gasteiger partial charge in [-0.3, -0.25) is 9.59 Å². The van der Waals surface area contributed by atoms with E-state index in [-0.39, 0.29) is 5.91 Å². The summed E-state index contributed by atoms with van der Waals surface area (Å²) in [5, 5.41) is 2.94. The molecule has 0 atom stereocenters. The Balaban J connectivity index is 3.02. The van der Waals surface area contributed by atoms with Gasteiger partial charge in [-0.25, -0.2) is 0 Å². The summed E-state index contributed by atoms with van der Waals surface area (Å²) >= 11 is 5.77. The molecule has 1 N–H and O–H groups in total. The fraction of sp³-hybridized carbons (Fsp3) is 0.200. The number of benzene rings is 1. The zero-order chi connectivity index (χ0) is 10.6. The van der Waals surface area contributed by atoms with E-state index in [4.69, 9.17) is 11.6 Å². The lowest BCUT2D eigenvalue weighted by molar-refractivity contribution is -0.115. The molecule has 0 aliphatic rings. The minimum absolute atomic E-state index is 0.143. The second kappa shape index (κ2) is 4.77. The number of aldehydes is 1. The molecule has 0 saturated heterocycles. The number of halogens is 1. The van der Waals surface area contributed by atoms with Crippen LogP contribution in [-0.4, -0.2) is 12.2 Å². The molecule has 1 aromatic carbocycles. The number of carbonyl (C=O) groups is 2. The van der Waals surface area contributed by atoms with E-state index in [9.17, 15) is 9.59 Å². The molecule has 0 aliphatic carbocycles. The molecular weight excluding hydrogens is 202 g/mol. The van der Waals surface area contributed by atoms with Crippen LogP contribution in [0.5, 0.6) is 0 Å². The zero-order valence-corrected chi connectivity index (χ0v) is 8.47. The second-order valence-electron chi connectivity index (χ2n) is 2.72. The lowest BCUT2D eigenvalue weighted by atomic mass is 10.2. The number of hydrogen-bond donors (Lipinski definition) is 1. The minimum Gasteiger partial charge on any atom is -0.325 e. The van der Waals surface area contributed by atoms with Crippen LogP contribution in [0.4, 0.5) is 5.69 Å². The number of carbonyl (C=O) groups excluding carboxylic acids is 2. The number of amides is 1. The lowest BCUT2D eigenvalue weighted by Gasteiger charge is -2.06. The molecule has 4 heteroatoms. The first kappa shape index (κ1) is 10.7. The molecule has 1 amide bonds. The molecular formula is C10H10ClNO2. The largest absolute Gasteiger partial charge is 0.325 e. The van der Waals surface area contributed by atoms with E-state index in [1.165, 1.54) is 0 Å². The SMILES string of the molecule is CCC(=O)Nc1cccc(Cl)c1C=O. The lowest BCUT2D eigenvalue weighted by Crippen LogP contribution is -2.11. The van der Waals surface area contributed by atoms with Gasteiger partial charge in [-0.2, -0.15) is 0 Å². The zero-order valence-electron chi connectivity index (χ0n) is 7.71. The second-order valence-corrected chi connectivity index (χ2v) is 3.13. The van der Waals surface area contributed by atoms with Crippen molar-refractivity contribution in [1.29, 1.82) is 0 Å². The predicted octanol–water partition coefficient (Wildman–Crippen LogP) is 2.50. The van der Waals surface area contributed by atoms with Crippen LogP contribution in [0.15, 0.2) is 18.2 Å². The maximum Gasteiger partial charge on any atom is 0.224 e. The van der Waals surface area contributed by atoms with E-state index < -0.39 is 0 Å². The Bertz CT molecular complexity index is 363. The Kier molecular flexibility index (Phi) is 3.65. The standard InChI is InChI=1S/C10H10ClNO2/c1-2-10(14)12-9-5-3-4-8(11)7(9)6-13/h3-6H,2H2,1H3,(H,12,14). The third kappa shape index (κ3) is 2.33. The highest BCUT2D eigenvalue weighted by atomic mass is 35.5. The summed E-state index contributed by atoms with van der Waals surface area (Å²) in [5.74, 6) is -0.143. The van der Waals surface area contributed by atoms with Crippen molar-refractivity contribution in [2.75, 3.05) is 5.32 Å². The van der Waals surface area contributed by atoms with Gasteiger partial charge in [0.15, 0.2) is 6.29 Å². The van der Waals surface area contributed by atoms with E-state index in [2.05, 4.69) is 5.32 Å². The van der Waals surface area contributed by atoms with Crippen LogP contribution < -0.4 is 5.32 Å². The van der Waals surface area contributed by atoms with E-state index in [1.54, 1.807) is 25.1 Å². The summed E-state index contributed by atoms with van der Waals surface area (Å²) in [6.07, 6.45) is 0.998. The van der Waals surface area contributed by atoms with Gasteiger partial charge in [0.1, 0.15) is 0 Å². The number of anilines is 1. The van der Waals surface area contributed by atoms with Crippen molar-refractivity contribution in [3.8, 4) is 0 Å². The van der Waals surface area contributed by atoms with Gasteiger partial charge < -0.3 is 5.32 Å². The van der Waals surface area contributed by atoms with Gasteiger partial charge in [0.2, 0.25) is 5.91 Å². The van der Waals surface area contributed by atoms with Gasteiger partial charge in [-0.05, 0) is 12.1 Å². The summed E-state index contributed by atoms with van der Waals surface area (Å²) in [7, 11) is 0. The summed E-state index contributed by atoms with van der Waals surface area (Å²) in [4.78, 5) is 21.8. The third-order valence-electron chi connectivity index (χ3n) is 1.77. The van der Waals surface area contributed by atoms with Gasteiger partial charge >= 0.3 is 0 Å². The smallest absolute Gasteiger partial charge is 0.224 e. The Labute approximate surface area is 87.1 Å². The first-order valence-corrected chi connectivity index (χ1v) is 4.60. The Morgan fingerprint density at radius 1 is 1.57 bits per heavy atom. The van der Waals surface area contributed by atoms with Gasteiger partial charge in [0.25, 0.3) is 0 Å². The highest BCUT2D eigenvalue weighted by molar-refractivity contribution is 6.33. The number of hydrogen-bond acceptors (Lipinski definition) is 2. The predicted molar refractivity (Wildman–Crippen MR) is 55.8 cm³/mol. The van der Waals surface area contributed by atoms with Crippen LogP contribution in [0.3, 0.4) is 0 Å². The van der Waals surface area contributed by atoms with E-state index in [0.717, 1.165) is 0 Å². The monoisotopic (exact) mass is 211 g/mol. The Hall–Kier alpha value is -1.35. The third-order valence-corrected chi connectivity index (χ3v) is 2.10. The first-order chi connectivity index (χ1) is 6.69. The summed E-state index contributed by atoms with van der Waals surface area (Å²) in [6, 6.07) is 4.93. The molecule has 0 heterocycles. The van der Waals surface area contributed by atoms with Crippen LogP contribution >= 0.6 is 11.6 Å². The molecule has 0 aliphatic heterocycles. The molecule has 0 aromatic heterocycles. The average molecular weight is 212 g/mol. The molecule has 0 bridgehead atoms. The maximum atomic E-state index is 11.1. The molecule has 74 valence electrons. The molecule has 0 saturated carbocycles. The van der Waals surface area contributed by atoms with Crippen molar-refractivity contribution in [1.82, 2.24) is 0 Å². The van der Waals surface area contributed by atoms with Crippen LogP contribution in [0.2, 0.25) is 5.02 Å². The van der Waals surface area contributed by atoms with Crippen molar-refractivity contribution < 1.29 is 9.59 Å². The average Bonchev–Trinajstić information content (AvgIpc) is 2.18. The van der Waals surface area contributed by atoms with Gasteiger partial charge in [-0.15, -0.1) is 0 Å². The van der Waals surface area contributed by atoms with E-state index >= 15 is 0 Å². The Morgan fingerprint density at radius 2 is 2.29 bits per heavy atom. The fourth-order valence-corrected chi connectivity index (χ4v) is 1.22. The Morgan fingerprint density at radius 3 is 2.86 bits per heavy atom. The maximum absolute atomic E-state index is 11.1. The summed E-state index contributed by atoms with van der Waals surface area (Å²) in [5.41, 5.74) is 0.773. The highest BCUT2D eigenvalue weighted by Crippen LogP contribution is 2.22. The van der Waals surface area contributed by atoms with Gasteiger partial charge in [-0.1, -0.05) is 24.6 Å². The van der Waals surface area contributed by atoms with Gasteiger partial charge in [0.05, 0.1) is 16.3 Å². The molecule has 1 aromatic rings. The minimum atomic E-state index is -0.143. The van der Waals surface area contributed by atoms with Crippen LogP contribution in [0, 0.1) is 0 Å². The van der Waals surface area contributed by atoms with Crippen LogP contribution in [0.25, 0.3) is 0 Å². The van der Waals surface area contributed by atoms with Crippen LogP contribution in [-0.2, 0) is 4.79 Å². The fourth-order valence-electron chi connectivity index (χ4n) is 1.00. The van der Waals surface area contributed by atoms with Crippen molar-refractivity contribution in [3.05, 3.63) is 28.8 Å². The highest BCUT2D eigenvalue weighted by Gasteiger charge is 2.07. The molecule has 0 unspecified atom stereocenters.